The predicted octanol–water partition coefficient (Wildman–Crippen LogP) is 2.68. The van der Waals surface area contributed by atoms with E-state index in [0.717, 1.165) is 23.4 Å². The van der Waals surface area contributed by atoms with Gasteiger partial charge < -0.3 is 9.64 Å². The minimum absolute atomic E-state index is 0.0840. The summed E-state index contributed by atoms with van der Waals surface area (Å²) in [6.07, 6.45) is 2.18. The molecule has 122 valence electrons. The van der Waals surface area contributed by atoms with Gasteiger partial charge in [0.2, 0.25) is 0 Å². The highest BCUT2D eigenvalue weighted by Crippen LogP contribution is 2.33. The van der Waals surface area contributed by atoms with Crippen LogP contribution in [0.1, 0.15) is 37.8 Å². The summed E-state index contributed by atoms with van der Waals surface area (Å²) in [7, 11) is 0. The minimum Gasteiger partial charge on any atom is -0.466 e. The topological polar surface area (TPSA) is 71.5 Å². The Morgan fingerprint density at radius 1 is 1.36 bits per heavy atom. The summed E-state index contributed by atoms with van der Waals surface area (Å²) in [4.78, 5) is 31.2. The van der Waals surface area contributed by atoms with Gasteiger partial charge in [0, 0.05) is 18.0 Å². The van der Waals surface area contributed by atoms with Crippen molar-refractivity contribution in [2.75, 3.05) is 25.0 Å². The normalized spacial score (nSPS) is 16.8. The largest absolute Gasteiger partial charge is 0.466 e. The van der Waals surface area contributed by atoms with Crippen LogP contribution in [0.5, 0.6) is 0 Å². The van der Waals surface area contributed by atoms with Crippen LogP contribution in [-0.2, 0) is 22.4 Å². The zero-order chi connectivity index (χ0) is 16.1. The number of urea groups is 1. The average molecular weight is 325 g/mol. The second-order valence-electron chi connectivity index (χ2n) is 5.18. The van der Waals surface area contributed by atoms with Crippen molar-refractivity contribution >= 4 is 28.5 Å². The summed E-state index contributed by atoms with van der Waals surface area (Å²) in [6, 6.07) is -0.127. The Balaban J connectivity index is 2.02. The van der Waals surface area contributed by atoms with Gasteiger partial charge in [-0.2, -0.15) is 0 Å². The quantitative estimate of drug-likeness (QED) is 0.845. The number of hydrogen-bond donors (Lipinski definition) is 1. The molecule has 0 aromatic carbocycles. The average Bonchev–Trinajstić information content (AvgIpc) is 2.89. The van der Waals surface area contributed by atoms with Gasteiger partial charge in [-0.15, -0.1) is 11.3 Å². The molecule has 2 rings (SSSR count). The number of anilines is 1. The number of thiazole rings is 1. The van der Waals surface area contributed by atoms with Gasteiger partial charge >= 0.3 is 12.0 Å². The van der Waals surface area contributed by atoms with Crippen molar-refractivity contribution in [3.05, 3.63) is 10.6 Å². The van der Waals surface area contributed by atoms with E-state index < -0.39 is 0 Å². The summed E-state index contributed by atoms with van der Waals surface area (Å²) in [5.41, 5.74) is 1.00. The van der Waals surface area contributed by atoms with Crippen molar-refractivity contribution in [1.29, 1.82) is 0 Å². The molecule has 0 radical (unpaired) electrons. The Morgan fingerprint density at radius 3 is 2.73 bits per heavy atom. The van der Waals surface area contributed by atoms with Crippen LogP contribution in [0.4, 0.5) is 9.93 Å². The second kappa shape index (κ2) is 7.58. The number of fused-ring (bicyclic) bond motifs is 1. The molecule has 1 aliphatic rings. The summed E-state index contributed by atoms with van der Waals surface area (Å²) in [5, 5.41) is 3.47. The predicted molar refractivity (Wildman–Crippen MR) is 86.2 cm³/mol. The third-order valence-electron chi connectivity index (χ3n) is 3.82. The monoisotopic (exact) mass is 325 g/mol. The molecule has 0 fully saturated rings. The molecule has 7 heteroatoms. The maximum absolute atomic E-state index is 12.1. The fourth-order valence-electron chi connectivity index (χ4n) is 2.57. The molecule has 1 atom stereocenters. The Bertz CT molecular complexity index is 540. The van der Waals surface area contributed by atoms with Crippen molar-refractivity contribution in [2.24, 2.45) is 5.92 Å². The molecule has 1 unspecified atom stereocenters. The number of amides is 2. The number of aromatic nitrogens is 1. The van der Waals surface area contributed by atoms with E-state index in [2.05, 4.69) is 10.3 Å². The highest BCUT2D eigenvalue weighted by Gasteiger charge is 2.28. The number of nitrogens with one attached hydrogen (secondary N) is 1. The summed E-state index contributed by atoms with van der Waals surface area (Å²) < 4.78 is 5.10. The number of ether oxygens (including phenoxy) is 1. The smallest absolute Gasteiger partial charge is 0.323 e. The molecular weight excluding hydrogens is 302 g/mol. The van der Waals surface area contributed by atoms with E-state index in [1.54, 1.807) is 4.90 Å². The van der Waals surface area contributed by atoms with E-state index in [-0.39, 0.29) is 17.9 Å². The van der Waals surface area contributed by atoms with E-state index >= 15 is 0 Å². The molecule has 0 saturated carbocycles. The minimum atomic E-state index is -0.129. The number of esters is 1. The molecule has 0 bridgehead atoms. The Labute approximate surface area is 134 Å². The molecule has 0 spiro atoms. The van der Waals surface area contributed by atoms with Gasteiger partial charge in [0.05, 0.1) is 18.2 Å². The van der Waals surface area contributed by atoms with Crippen LogP contribution in [0.15, 0.2) is 0 Å². The SMILES string of the molecule is CCOC(=O)C1CCc2nc(NC(=O)N(CC)CC)sc2C1. The third-order valence-corrected chi connectivity index (χ3v) is 4.86. The lowest BCUT2D eigenvalue weighted by Crippen LogP contribution is -2.34. The maximum atomic E-state index is 12.1. The fourth-order valence-corrected chi connectivity index (χ4v) is 3.65. The van der Waals surface area contributed by atoms with Gasteiger partial charge in [-0.25, -0.2) is 9.78 Å². The zero-order valence-corrected chi connectivity index (χ0v) is 14.2. The molecule has 6 nitrogen and oxygen atoms in total. The lowest BCUT2D eigenvalue weighted by atomic mass is 9.91. The Morgan fingerprint density at radius 2 is 2.09 bits per heavy atom. The molecule has 1 heterocycles. The maximum Gasteiger partial charge on any atom is 0.323 e. The first-order valence-corrected chi connectivity index (χ1v) is 8.61. The molecule has 1 aromatic heterocycles. The van der Waals surface area contributed by atoms with Crippen molar-refractivity contribution in [2.45, 2.75) is 40.0 Å². The lowest BCUT2D eigenvalue weighted by Gasteiger charge is -2.18. The number of aryl methyl sites for hydroxylation is 1. The van der Waals surface area contributed by atoms with Crippen molar-refractivity contribution in [3.63, 3.8) is 0 Å². The molecule has 0 aliphatic heterocycles. The second-order valence-corrected chi connectivity index (χ2v) is 6.27. The van der Waals surface area contributed by atoms with Gasteiger partial charge in [0.15, 0.2) is 5.13 Å². The van der Waals surface area contributed by atoms with Crippen LogP contribution in [0.2, 0.25) is 0 Å². The highest BCUT2D eigenvalue weighted by atomic mass is 32.1. The van der Waals surface area contributed by atoms with Crippen LogP contribution in [0.25, 0.3) is 0 Å². The highest BCUT2D eigenvalue weighted by molar-refractivity contribution is 7.15. The van der Waals surface area contributed by atoms with E-state index in [1.807, 2.05) is 20.8 Å². The first-order valence-electron chi connectivity index (χ1n) is 7.80. The Hall–Kier alpha value is -1.63. The summed E-state index contributed by atoms with van der Waals surface area (Å²) in [6.45, 7) is 7.45. The van der Waals surface area contributed by atoms with Crippen LogP contribution >= 0.6 is 11.3 Å². The van der Waals surface area contributed by atoms with E-state index in [4.69, 9.17) is 4.74 Å². The molecule has 22 heavy (non-hydrogen) atoms. The van der Waals surface area contributed by atoms with Crippen molar-refractivity contribution < 1.29 is 14.3 Å². The molecule has 1 aliphatic carbocycles. The Kier molecular flexibility index (Phi) is 5.76. The third kappa shape index (κ3) is 3.76. The van der Waals surface area contributed by atoms with Crippen LogP contribution in [0, 0.1) is 5.92 Å². The van der Waals surface area contributed by atoms with Gasteiger partial charge in [0.1, 0.15) is 0 Å². The van der Waals surface area contributed by atoms with Gasteiger partial charge in [-0.05, 0) is 40.0 Å². The van der Waals surface area contributed by atoms with Gasteiger partial charge in [0.25, 0.3) is 0 Å². The van der Waals surface area contributed by atoms with E-state index in [1.165, 1.54) is 11.3 Å². The molecular formula is C15H23N3O3S. The number of carbonyl (C=O) groups excluding carboxylic acids is 2. The zero-order valence-electron chi connectivity index (χ0n) is 13.3. The van der Waals surface area contributed by atoms with Gasteiger partial charge in [-0.3, -0.25) is 10.1 Å². The molecule has 1 aromatic rings. The first-order chi connectivity index (χ1) is 10.6. The summed E-state index contributed by atoms with van der Waals surface area (Å²) >= 11 is 1.46. The summed E-state index contributed by atoms with van der Waals surface area (Å²) in [5.74, 6) is -0.213. The van der Waals surface area contributed by atoms with Crippen molar-refractivity contribution in [3.8, 4) is 0 Å². The number of hydrogen-bond acceptors (Lipinski definition) is 5. The lowest BCUT2D eigenvalue weighted by molar-refractivity contribution is -0.148. The van der Waals surface area contributed by atoms with E-state index in [9.17, 15) is 9.59 Å². The number of rotatable bonds is 5. The molecule has 0 saturated heterocycles. The molecule has 2 amide bonds. The first kappa shape index (κ1) is 16.7. The molecule has 1 N–H and O–H groups in total. The number of nitrogens with zero attached hydrogens (tertiary/aromatic N) is 2. The van der Waals surface area contributed by atoms with Crippen LogP contribution in [-0.4, -0.2) is 41.6 Å². The standard InChI is InChI=1S/C15H23N3O3S/c1-4-18(5-2)15(20)17-14-16-11-8-7-10(9-12(11)22-14)13(19)21-6-3/h10H,4-9H2,1-3H3,(H,16,17,20). The van der Waals surface area contributed by atoms with Crippen molar-refractivity contribution in [1.82, 2.24) is 9.88 Å². The van der Waals surface area contributed by atoms with Gasteiger partial charge in [-0.1, -0.05) is 0 Å². The van der Waals surface area contributed by atoms with Crippen LogP contribution in [0.3, 0.4) is 0 Å². The van der Waals surface area contributed by atoms with E-state index in [0.29, 0.717) is 31.2 Å². The van der Waals surface area contributed by atoms with Crippen LogP contribution < -0.4 is 5.32 Å². The fraction of sp³-hybridized carbons (Fsp3) is 0.667. The number of carbonyl (C=O) groups is 2.